The normalized spacial score (nSPS) is 21.5. The number of aliphatic hydroxyl groups excluding tert-OH is 1. The quantitative estimate of drug-likeness (QED) is 0.925. The molecular formula is C19H31N3O. The zero-order valence-electron chi connectivity index (χ0n) is 15.3. The maximum absolute atomic E-state index is 10.7. The van der Waals surface area contributed by atoms with E-state index in [9.17, 15) is 5.11 Å². The molecule has 1 aliphatic rings. The highest BCUT2D eigenvalue weighted by Gasteiger charge is 2.39. The Morgan fingerprint density at radius 3 is 2.22 bits per heavy atom. The van der Waals surface area contributed by atoms with Gasteiger partial charge in [-0.3, -0.25) is 9.89 Å². The van der Waals surface area contributed by atoms with Gasteiger partial charge in [-0.15, -0.1) is 0 Å². The minimum Gasteiger partial charge on any atom is -0.388 e. The number of hydrogen-bond donors (Lipinski definition) is 1. The molecule has 0 spiro atoms. The highest BCUT2D eigenvalue weighted by Crippen LogP contribution is 2.32. The molecule has 2 atom stereocenters. The minimum atomic E-state index is -0.484. The Hall–Kier alpha value is -1.39. The summed E-state index contributed by atoms with van der Waals surface area (Å²) in [7, 11) is 0. The van der Waals surface area contributed by atoms with Gasteiger partial charge >= 0.3 is 0 Å². The van der Waals surface area contributed by atoms with Crippen molar-refractivity contribution in [2.24, 2.45) is 4.99 Å². The zero-order valence-corrected chi connectivity index (χ0v) is 15.3. The molecule has 1 aromatic rings. The average molecular weight is 317 g/mol. The van der Waals surface area contributed by atoms with E-state index in [2.05, 4.69) is 56.3 Å². The molecule has 0 fully saturated rings. The topological polar surface area (TPSA) is 39.1 Å². The Kier molecular flexibility index (Phi) is 5.17. The number of nitrogens with zero attached hydrogens (tertiary/aromatic N) is 3. The van der Waals surface area contributed by atoms with Crippen LogP contribution >= 0.6 is 0 Å². The van der Waals surface area contributed by atoms with Gasteiger partial charge < -0.3 is 10.0 Å². The fourth-order valence-electron chi connectivity index (χ4n) is 3.07. The summed E-state index contributed by atoms with van der Waals surface area (Å²) >= 11 is 0. The van der Waals surface area contributed by atoms with Crippen molar-refractivity contribution in [1.82, 2.24) is 9.80 Å². The molecule has 1 heterocycles. The van der Waals surface area contributed by atoms with Crippen molar-refractivity contribution in [2.45, 2.75) is 71.3 Å². The van der Waals surface area contributed by atoms with Crippen LogP contribution in [-0.2, 0) is 0 Å². The maximum atomic E-state index is 10.7. The SMILES string of the molecule is CC(C)(C)N1C=NCN(C(C)(C)C)C1CC(O)c1ccccc1. The minimum absolute atomic E-state index is 0.0116. The zero-order chi connectivity index (χ0) is 17.3. The number of aliphatic imine (C=N–C) groups is 1. The van der Waals surface area contributed by atoms with E-state index in [-0.39, 0.29) is 17.2 Å². The van der Waals surface area contributed by atoms with Crippen LogP contribution in [-0.4, -0.2) is 45.2 Å². The van der Waals surface area contributed by atoms with Gasteiger partial charge in [0.15, 0.2) is 0 Å². The molecule has 2 rings (SSSR count). The second-order valence-electron chi connectivity index (χ2n) is 8.30. The molecule has 1 aliphatic heterocycles. The van der Waals surface area contributed by atoms with E-state index in [0.717, 1.165) is 5.56 Å². The summed E-state index contributed by atoms with van der Waals surface area (Å²) in [4.78, 5) is 9.19. The van der Waals surface area contributed by atoms with E-state index < -0.39 is 6.10 Å². The molecule has 0 saturated carbocycles. The van der Waals surface area contributed by atoms with E-state index >= 15 is 0 Å². The summed E-state index contributed by atoms with van der Waals surface area (Å²) in [6, 6.07) is 9.91. The van der Waals surface area contributed by atoms with Gasteiger partial charge in [0.2, 0.25) is 0 Å². The molecule has 0 aliphatic carbocycles. The van der Waals surface area contributed by atoms with E-state index in [1.165, 1.54) is 0 Å². The molecule has 0 amide bonds. The molecule has 1 aromatic carbocycles. The second kappa shape index (κ2) is 6.62. The molecule has 0 bridgehead atoms. The summed E-state index contributed by atoms with van der Waals surface area (Å²) in [5.74, 6) is 0. The number of benzene rings is 1. The van der Waals surface area contributed by atoms with Crippen LogP contribution in [0.1, 0.15) is 59.6 Å². The third-order valence-corrected chi connectivity index (χ3v) is 4.38. The third-order valence-electron chi connectivity index (χ3n) is 4.38. The molecule has 128 valence electrons. The van der Waals surface area contributed by atoms with Crippen LogP contribution in [0.2, 0.25) is 0 Å². The first kappa shape index (κ1) is 18.0. The fraction of sp³-hybridized carbons (Fsp3) is 0.632. The summed E-state index contributed by atoms with van der Waals surface area (Å²) in [6.45, 7) is 13.8. The summed E-state index contributed by atoms with van der Waals surface area (Å²) in [6.07, 6.45) is 2.24. The molecule has 0 radical (unpaired) electrons. The molecule has 2 unspecified atom stereocenters. The lowest BCUT2D eigenvalue weighted by molar-refractivity contribution is -0.0466. The predicted octanol–water partition coefficient (Wildman–Crippen LogP) is 3.64. The largest absolute Gasteiger partial charge is 0.388 e. The van der Waals surface area contributed by atoms with Crippen LogP contribution < -0.4 is 0 Å². The van der Waals surface area contributed by atoms with Crippen molar-refractivity contribution >= 4 is 6.34 Å². The van der Waals surface area contributed by atoms with Gasteiger partial charge in [0, 0.05) is 17.5 Å². The Morgan fingerprint density at radius 1 is 1.09 bits per heavy atom. The number of hydrogen-bond acceptors (Lipinski definition) is 4. The molecule has 4 heteroatoms. The van der Waals surface area contributed by atoms with Gasteiger partial charge in [-0.25, -0.2) is 0 Å². The van der Waals surface area contributed by atoms with Gasteiger partial charge in [-0.1, -0.05) is 30.3 Å². The molecule has 0 saturated heterocycles. The Labute approximate surface area is 140 Å². The van der Waals surface area contributed by atoms with Gasteiger partial charge in [0.25, 0.3) is 0 Å². The monoisotopic (exact) mass is 317 g/mol. The van der Waals surface area contributed by atoms with Crippen molar-refractivity contribution < 1.29 is 5.11 Å². The van der Waals surface area contributed by atoms with Crippen molar-refractivity contribution in [3.63, 3.8) is 0 Å². The van der Waals surface area contributed by atoms with Gasteiger partial charge in [-0.2, -0.15) is 0 Å². The number of aliphatic hydroxyl groups is 1. The second-order valence-corrected chi connectivity index (χ2v) is 8.30. The Balaban J connectivity index is 2.29. The lowest BCUT2D eigenvalue weighted by atomic mass is 9.96. The van der Waals surface area contributed by atoms with Crippen LogP contribution in [0, 0.1) is 0 Å². The summed E-state index contributed by atoms with van der Waals surface area (Å²) in [5.41, 5.74) is 0.911. The smallest absolute Gasteiger partial charge is 0.0947 e. The van der Waals surface area contributed by atoms with E-state index in [0.29, 0.717) is 13.1 Å². The first-order chi connectivity index (χ1) is 10.6. The standard InChI is InChI=1S/C19H31N3O/c1-18(2,3)21-13-20-14-22(19(4,5)6)17(21)12-16(23)15-10-8-7-9-11-15/h7-11,13,16-17,23H,12,14H2,1-6H3. The molecule has 4 nitrogen and oxygen atoms in total. The van der Waals surface area contributed by atoms with E-state index in [4.69, 9.17) is 0 Å². The lowest BCUT2D eigenvalue weighted by Gasteiger charge is -2.52. The fourth-order valence-corrected chi connectivity index (χ4v) is 3.07. The third kappa shape index (κ3) is 4.33. The molecular weight excluding hydrogens is 286 g/mol. The van der Waals surface area contributed by atoms with Crippen LogP contribution in [0.25, 0.3) is 0 Å². The van der Waals surface area contributed by atoms with Crippen molar-refractivity contribution in [3.8, 4) is 0 Å². The van der Waals surface area contributed by atoms with E-state index in [1.807, 2.05) is 36.7 Å². The summed E-state index contributed by atoms with van der Waals surface area (Å²) in [5, 5.41) is 10.7. The molecule has 0 aromatic heterocycles. The molecule has 23 heavy (non-hydrogen) atoms. The van der Waals surface area contributed by atoms with Crippen LogP contribution in [0.5, 0.6) is 0 Å². The maximum Gasteiger partial charge on any atom is 0.0947 e. The Bertz CT molecular complexity index is 528. The first-order valence-electron chi connectivity index (χ1n) is 8.39. The van der Waals surface area contributed by atoms with Gasteiger partial charge in [0.1, 0.15) is 0 Å². The van der Waals surface area contributed by atoms with Gasteiger partial charge in [0.05, 0.1) is 25.3 Å². The average Bonchev–Trinajstić information content (AvgIpc) is 2.46. The van der Waals surface area contributed by atoms with Crippen LogP contribution in [0.4, 0.5) is 0 Å². The summed E-state index contributed by atoms with van der Waals surface area (Å²) < 4.78 is 0. The molecule has 1 N–H and O–H groups in total. The lowest BCUT2D eigenvalue weighted by Crippen LogP contribution is -2.62. The van der Waals surface area contributed by atoms with Crippen LogP contribution in [0.3, 0.4) is 0 Å². The Morgan fingerprint density at radius 2 is 1.70 bits per heavy atom. The highest BCUT2D eigenvalue weighted by molar-refractivity contribution is 5.57. The predicted molar refractivity (Wildman–Crippen MR) is 96.3 cm³/mol. The number of rotatable bonds is 3. The van der Waals surface area contributed by atoms with E-state index in [1.54, 1.807) is 0 Å². The van der Waals surface area contributed by atoms with Crippen LogP contribution in [0.15, 0.2) is 35.3 Å². The van der Waals surface area contributed by atoms with Gasteiger partial charge in [-0.05, 0) is 47.1 Å². The highest BCUT2D eigenvalue weighted by atomic mass is 16.3. The van der Waals surface area contributed by atoms with Crippen molar-refractivity contribution in [3.05, 3.63) is 35.9 Å². The van der Waals surface area contributed by atoms with Crippen molar-refractivity contribution in [2.75, 3.05) is 6.67 Å². The first-order valence-corrected chi connectivity index (χ1v) is 8.39. The van der Waals surface area contributed by atoms with Crippen molar-refractivity contribution in [1.29, 1.82) is 0 Å².